The molecule has 2 rings (SSSR count). The van der Waals surface area contributed by atoms with Crippen molar-refractivity contribution >= 4 is 11.8 Å². The molecule has 0 heterocycles. The standard InChI is InChI=1S/C14H24N2O3/c1-9-8-10(9)14(19)15-7-6-13(18)16-11-4-2-3-5-12(11)17/h9-12,17H,2-8H2,1H3,(H,15,19)(H,16,18). The Balaban J connectivity index is 1.60. The van der Waals surface area contributed by atoms with Crippen LogP contribution < -0.4 is 10.6 Å². The normalized spacial score (nSPS) is 33.6. The number of hydrogen-bond acceptors (Lipinski definition) is 3. The second-order valence-electron chi connectivity index (χ2n) is 5.89. The van der Waals surface area contributed by atoms with E-state index in [-0.39, 0.29) is 30.2 Å². The van der Waals surface area contributed by atoms with Crippen molar-refractivity contribution in [3.8, 4) is 0 Å². The molecule has 2 amide bonds. The third kappa shape index (κ3) is 4.20. The van der Waals surface area contributed by atoms with E-state index in [1.165, 1.54) is 0 Å². The number of rotatable bonds is 5. The molecule has 4 unspecified atom stereocenters. The van der Waals surface area contributed by atoms with Gasteiger partial charge < -0.3 is 15.7 Å². The average Bonchev–Trinajstić information content (AvgIpc) is 3.09. The average molecular weight is 268 g/mol. The summed E-state index contributed by atoms with van der Waals surface area (Å²) in [5.74, 6) is 0.627. The summed E-state index contributed by atoms with van der Waals surface area (Å²) >= 11 is 0. The Morgan fingerprint density at radius 2 is 1.95 bits per heavy atom. The highest BCUT2D eigenvalue weighted by molar-refractivity contribution is 5.82. The van der Waals surface area contributed by atoms with E-state index >= 15 is 0 Å². The molecular formula is C14H24N2O3. The number of carbonyl (C=O) groups excluding carboxylic acids is 2. The Kier molecular flexibility index (Phi) is 4.80. The first-order valence-corrected chi connectivity index (χ1v) is 7.33. The van der Waals surface area contributed by atoms with Crippen LogP contribution in [-0.2, 0) is 9.59 Å². The maximum Gasteiger partial charge on any atom is 0.223 e. The van der Waals surface area contributed by atoms with Gasteiger partial charge in [-0.3, -0.25) is 9.59 Å². The van der Waals surface area contributed by atoms with Crippen molar-refractivity contribution in [3.63, 3.8) is 0 Å². The Bertz CT molecular complexity index is 346. The lowest BCUT2D eigenvalue weighted by atomic mass is 9.92. The van der Waals surface area contributed by atoms with E-state index in [4.69, 9.17) is 0 Å². The van der Waals surface area contributed by atoms with Crippen LogP contribution in [0.4, 0.5) is 0 Å². The maximum absolute atomic E-state index is 11.7. The molecule has 2 aliphatic carbocycles. The Morgan fingerprint density at radius 1 is 1.26 bits per heavy atom. The van der Waals surface area contributed by atoms with E-state index in [0.717, 1.165) is 32.1 Å². The lowest BCUT2D eigenvalue weighted by molar-refractivity contribution is -0.124. The van der Waals surface area contributed by atoms with E-state index in [0.29, 0.717) is 12.5 Å². The molecule has 0 aromatic carbocycles. The first-order chi connectivity index (χ1) is 9.08. The van der Waals surface area contributed by atoms with Gasteiger partial charge in [0.25, 0.3) is 0 Å². The van der Waals surface area contributed by atoms with Gasteiger partial charge in [0.2, 0.25) is 11.8 Å². The molecule has 0 bridgehead atoms. The minimum atomic E-state index is -0.417. The first kappa shape index (κ1) is 14.3. The predicted octanol–water partition coefficient (Wildman–Crippen LogP) is 0.568. The van der Waals surface area contributed by atoms with Crippen LogP contribution in [0.15, 0.2) is 0 Å². The topological polar surface area (TPSA) is 78.4 Å². The van der Waals surface area contributed by atoms with Crippen LogP contribution >= 0.6 is 0 Å². The van der Waals surface area contributed by atoms with Crippen LogP contribution in [0.2, 0.25) is 0 Å². The number of aliphatic hydroxyl groups excluding tert-OH is 1. The zero-order chi connectivity index (χ0) is 13.8. The van der Waals surface area contributed by atoms with E-state index in [1.807, 2.05) is 0 Å². The van der Waals surface area contributed by atoms with Crippen LogP contribution in [0.25, 0.3) is 0 Å². The van der Waals surface area contributed by atoms with Crippen LogP contribution in [0.3, 0.4) is 0 Å². The molecule has 2 saturated carbocycles. The molecule has 2 fully saturated rings. The summed E-state index contributed by atoms with van der Waals surface area (Å²) in [6.45, 7) is 2.44. The molecule has 19 heavy (non-hydrogen) atoms. The molecular weight excluding hydrogens is 244 g/mol. The maximum atomic E-state index is 11.7. The quantitative estimate of drug-likeness (QED) is 0.682. The van der Waals surface area contributed by atoms with E-state index in [9.17, 15) is 14.7 Å². The molecule has 108 valence electrons. The van der Waals surface area contributed by atoms with Gasteiger partial charge >= 0.3 is 0 Å². The highest BCUT2D eigenvalue weighted by Gasteiger charge is 2.38. The minimum Gasteiger partial charge on any atom is -0.391 e. The van der Waals surface area contributed by atoms with Gasteiger partial charge in [0.15, 0.2) is 0 Å². The summed E-state index contributed by atoms with van der Waals surface area (Å²) in [7, 11) is 0. The summed E-state index contributed by atoms with van der Waals surface area (Å²) in [5, 5.41) is 15.4. The summed E-state index contributed by atoms with van der Waals surface area (Å²) in [6.07, 6.45) is 4.53. The van der Waals surface area contributed by atoms with Crippen molar-refractivity contribution in [2.45, 2.75) is 57.6 Å². The third-order valence-corrected chi connectivity index (χ3v) is 4.17. The minimum absolute atomic E-state index is 0.0676. The summed E-state index contributed by atoms with van der Waals surface area (Å²) < 4.78 is 0. The lowest BCUT2D eigenvalue weighted by Crippen LogP contribution is -2.45. The number of hydrogen-bond donors (Lipinski definition) is 3. The van der Waals surface area contributed by atoms with Gasteiger partial charge in [-0.15, -0.1) is 0 Å². The van der Waals surface area contributed by atoms with Crippen molar-refractivity contribution in [1.82, 2.24) is 10.6 Å². The van der Waals surface area contributed by atoms with Gasteiger partial charge in [-0.25, -0.2) is 0 Å². The highest BCUT2D eigenvalue weighted by Crippen LogP contribution is 2.37. The number of aliphatic hydroxyl groups is 1. The zero-order valence-corrected chi connectivity index (χ0v) is 11.5. The number of carbonyl (C=O) groups is 2. The molecule has 0 radical (unpaired) electrons. The van der Waals surface area contributed by atoms with Gasteiger partial charge in [-0.1, -0.05) is 19.8 Å². The fourth-order valence-electron chi connectivity index (χ4n) is 2.68. The van der Waals surface area contributed by atoms with Gasteiger partial charge in [0, 0.05) is 18.9 Å². The predicted molar refractivity (Wildman–Crippen MR) is 71.3 cm³/mol. The molecule has 3 N–H and O–H groups in total. The molecule has 5 heteroatoms. The SMILES string of the molecule is CC1CC1C(=O)NCCC(=O)NC1CCCCC1O. The Morgan fingerprint density at radius 3 is 2.58 bits per heavy atom. The third-order valence-electron chi connectivity index (χ3n) is 4.17. The number of nitrogens with one attached hydrogen (secondary N) is 2. The van der Waals surface area contributed by atoms with E-state index in [2.05, 4.69) is 17.6 Å². The van der Waals surface area contributed by atoms with Gasteiger partial charge in [-0.2, -0.15) is 0 Å². The molecule has 5 nitrogen and oxygen atoms in total. The van der Waals surface area contributed by atoms with Gasteiger partial charge in [0.1, 0.15) is 0 Å². The van der Waals surface area contributed by atoms with Crippen molar-refractivity contribution < 1.29 is 14.7 Å². The second kappa shape index (κ2) is 6.37. The van der Waals surface area contributed by atoms with Crippen molar-refractivity contribution in [3.05, 3.63) is 0 Å². The Hall–Kier alpha value is -1.10. The molecule has 0 aromatic heterocycles. The first-order valence-electron chi connectivity index (χ1n) is 7.33. The number of amides is 2. The van der Waals surface area contributed by atoms with Gasteiger partial charge in [-0.05, 0) is 25.2 Å². The molecule has 0 aromatic rings. The molecule has 0 saturated heterocycles. The van der Waals surface area contributed by atoms with Crippen LogP contribution in [0.1, 0.15) is 45.4 Å². The molecule has 4 atom stereocenters. The van der Waals surface area contributed by atoms with Crippen LogP contribution in [0.5, 0.6) is 0 Å². The van der Waals surface area contributed by atoms with Crippen molar-refractivity contribution in [1.29, 1.82) is 0 Å². The largest absolute Gasteiger partial charge is 0.391 e. The molecule has 0 aliphatic heterocycles. The van der Waals surface area contributed by atoms with Crippen LogP contribution in [0, 0.1) is 11.8 Å². The monoisotopic (exact) mass is 268 g/mol. The Labute approximate surface area is 114 Å². The summed E-state index contributed by atoms with van der Waals surface area (Å²) in [6, 6.07) is -0.111. The second-order valence-corrected chi connectivity index (χ2v) is 5.89. The van der Waals surface area contributed by atoms with Gasteiger partial charge in [0.05, 0.1) is 12.1 Å². The lowest BCUT2D eigenvalue weighted by Gasteiger charge is -2.28. The fraction of sp³-hybridized carbons (Fsp3) is 0.857. The smallest absolute Gasteiger partial charge is 0.223 e. The molecule has 0 spiro atoms. The fourth-order valence-corrected chi connectivity index (χ4v) is 2.68. The highest BCUT2D eigenvalue weighted by atomic mass is 16.3. The zero-order valence-electron chi connectivity index (χ0n) is 11.5. The van der Waals surface area contributed by atoms with Crippen LogP contribution in [-0.4, -0.2) is 35.6 Å². The molecule has 2 aliphatic rings. The van der Waals surface area contributed by atoms with Crippen molar-refractivity contribution in [2.75, 3.05) is 6.54 Å². The summed E-state index contributed by atoms with van der Waals surface area (Å²) in [4.78, 5) is 23.3. The summed E-state index contributed by atoms with van der Waals surface area (Å²) in [5.41, 5.74) is 0. The van der Waals surface area contributed by atoms with E-state index < -0.39 is 6.10 Å². The van der Waals surface area contributed by atoms with E-state index in [1.54, 1.807) is 0 Å². The van der Waals surface area contributed by atoms with Crippen molar-refractivity contribution in [2.24, 2.45) is 11.8 Å².